The molecule has 4 rings (SSSR count). The van der Waals surface area contributed by atoms with Crippen LogP contribution in [0.25, 0.3) is 11.4 Å². The quantitative estimate of drug-likeness (QED) is 0.402. The molecule has 2 aromatic heterocycles. The number of aromatic nitrogens is 4. The Bertz CT molecular complexity index is 1350. The Kier molecular flexibility index (Phi) is 9.00. The van der Waals surface area contributed by atoms with E-state index in [1.165, 1.54) is 13.0 Å². The van der Waals surface area contributed by atoms with Gasteiger partial charge in [-0.25, -0.2) is 14.4 Å². The SMILES string of the molecule is CC(=O)OCC(=O)NC1CCC(Cn2cnc(-c3cc(C)nc(C(=O)NCc4ccc(F)c(C)c4)c3)n2)CC1. The number of nitrogens with zero attached hydrogens (tertiary/aromatic N) is 4. The zero-order valence-corrected chi connectivity index (χ0v) is 22.4. The standard InChI is InChI=1S/C28H33FN6O4/c1-17-10-21(6-9-24(17)29)13-30-28(38)25-12-22(11-18(2)32-25)27-31-16-35(34-27)14-20-4-7-23(8-5-20)33-26(37)15-39-19(3)36/h6,9-12,16,20,23H,4-5,7-8,13-15H2,1-3H3,(H,30,38)(H,33,37). The van der Waals surface area contributed by atoms with Crippen LogP contribution in [0.5, 0.6) is 0 Å². The predicted molar refractivity (Wildman–Crippen MR) is 141 cm³/mol. The van der Waals surface area contributed by atoms with Crippen LogP contribution in [0.3, 0.4) is 0 Å². The first-order chi connectivity index (χ1) is 18.7. The molecule has 0 spiro atoms. The summed E-state index contributed by atoms with van der Waals surface area (Å²) in [6, 6.07) is 8.31. The highest BCUT2D eigenvalue weighted by molar-refractivity contribution is 5.93. The van der Waals surface area contributed by atoms with Crippen molar-refractivity contribution in [3.63, 3.8) is 0 Å². The molecule has 1 fully saturated rings. The molecule has 1 aliphatic rings. The van der Waals surface area contributed by atoms with Crippen LogP contribution in [0.1, 0.15) is 59.9 Å². The molecule has 0 unspecified atom stereocenters. The highest BCUT2D eigenvalue weighted by Gasteiger charge is 2.23. The number of nitrogens with one attached hydrogen (secondary N) is 2. The molecule has 2 N–H and O–H groups in total. The van der Waals surface area contributed by atoms with Crippen molar-refractivity contribution in [3.8, 4) is 11.4 Å². The average Bonchev–Trinajstić information content (AvgIpc) is 3.37. The molecule has 2 heterocycles. The second kappa shape index (κ2) is 12.6. The van der Waals surface area contributed by atoms with Crippen LogP contribution < -0.4 is 10.6 Å². The van der Waals surface area contributed by atoms with E-state index in [4.69, 9.17) is 4.74 Å². The summed E-state index contributed by atoms with van der Waals surface area (Å²) in [6.07, 6.45) is 5.24. The van der Waals surface area contributed by atoms with Crippen LogP contribution >= 0.6 is 0 Å². The molecule has 0 atom stereocenters. The second-order valence-corrected chi connectivity index (χ2v) is 10.0. The molecule has 0 aliphatic heterocycles. The maximum atomic E-state index is 13.5. The topological polar surface area (TPSA) is 128 Å². The lowest BCUT2D eigenvalue weighted by Crippen LogP contribution is -2.40. The number of rotatable bonds is 9. The van der Waals surface area contributed by atoms with Gasteiger partial charge in [0.25, 0.3) is 11.8 Å². The zero-order chi connectivity index (χ0) is 27.9. The molecule has 1 aromatic carbocycles. The number of esters is 1. The van der Waals surface area contributed by atoms with E-state index in [9.17, 15) is 18.8 Å². The number of benzene rings is 1. The van der Waals surface area contributed by atoms with E-state index >= 15 is 0 Å². The van der Waals surface area contributed by atoms with E-state index in [1.807, 2.05) is 17.7 Å². The third kappa shape index (κ3) is 7.92. The first-order valence-electron chi connectivity index (χ1n) is 13.0. The summed E-state index contributed by atoms with van der Waals surface area (Å²) in [7, 11) is 0. The van der Waals surface area contributed by atoms with Crippen molar-refractivity contribution in [3.05, 3.63) is 65.0 Å². The van der Waals surface area contributed by atoms with Crippen molar-refractivity contribution in [2.75, 3.05) is 6.61 Å². The molecular weight excluding hydrogens is 503 g/mol. The first-order valence-corrected chi connectivity index (χ1v) is 13.0. The number of hydrogen-bond acceptors (Lipinski definition) is 7. The Hall–Kier alpha value is -4.15. The van der Waals surface area contributed by atoms with Crippen LogP contribution in [0, 0.1) is 25.6 Å². The molecule has 1 saturated carbocycles. The van der Waals surface area contributed by atoms with Gasteiger partial charge >= 0.3 is 5.97 Å². The predicted octanol–water partition coefficient (Wildman–Crippen LogP) is 3.26. The minimum absolute atomic E-state index is 0.0760. The van der Waals surface area contributed by atoms with Gasteiger partial charge in [0, 0.05) is 37.3 Å². The second-order valence-electron chi connectivity index (χ2n) is 10.0. The summed E-state index contributed by atoms with van der Waals surface area (Å²) in [5.74, 6) is -0.457. The van der Waals surface area contributed by atoms with Gasteiger partial charge in [0.05, 0.1) is 0 Å². The Morgan fingerprint density at radius 1 is 1.10 bits per heavy atom. The number of carbonyl (C=O) groups is 3. The van der Waals surface area contributed by atoms with Crippen molar-refractivity contribution in [1.82, 2.24) is 30.4 Å². The summed E-state index contributed by atoms with van der Waals surface area (Å²) in [5, 5.41) is 10.4. The van der Waals surface area contributed by atoms with Crippen molar-refractivity contribution < 1.29 is 23.5 Å². The number of ether oxygens (including phenoxy) is 1. The van der Waals surface area contributed by atoms with Crippen molar-refractivity contribution in [2.45, 2.75) is 65.6 Å². The summed E-state index contributed by atoms with van der Waals surface area (Å²) in [5.41, 5.74) is 2.95. The first kappa shape index (κ1) is 27.9. The van der Waals surface area contributed by atoms with E-state index in [0.717, 1.165) is 31.2 Å². The molecule has 3 aromatic rings. The molecule has 11 heteroatoms. The van der Waals surface area contributed by atoms with Crippen LogP contribution in [0.2, 0.25) is 0 Å². The molecule has 39 heavy (non-hydrogen) atoms. The minimum Gasteiger partial charge on any atom is -0.456 e. The maximum absolute atomic E-state index is 13.5. The number of carbonyl (C=O) groups excluding carboxylic acids is 3. The Morgan fingerprint density at radius 3 is 2.59 bits per heavy atom. The van der Waals surface area contributed by atoms with Crippen LogP contribution in [0.15, 0.2) is 36.7 Å². The van der Waals surface area contributed by atoms with Gasteiger partial charge in [0.15, 0.2) is 12.4 Å². The Morgan fingerprint density at radius 2 is 1.87 bits per heavy atom. The number of amides is 2. The maximum Gasteiger partial charge on any atom is 0.303 e. The Balaban J connectivity index is 1.31. The highest BCUT2D eigenvalue weighted by atomic mass is 19.1. The largest absolute Gasteiger partial charge is 0.456 e. The van der Waals surface area contributed by atoms with E-state index < -0.39 is 5.97 Å². The molecular formula is C28H33FN6O4. The van der Waals surface area contributed by atoms with Gasteiger partial charge in [-0.2, -0.15) is 5.10 Å². The smallest absolute Gasteiger partial charge is 0.303 e. The monoisotopic (exact) mass is 536 g/mol. The van der Waals surface area contributed by atoms with Gasteiger partial charge in [-0.3, -0.25) is 19.1 Å². The summed E-state index contributed by atoms with van der Waals surface area (Å²) < 4.78 is 20.1. The highest BCUT2D eigenvalue weighted by Crippen LogP contribution is 2.26. The van der Waals surface area contributed by atoms with E-state index in [-0.39, 0.29) is 42.5 Å². The van der Waals surface area contributed by atoms with Crippen LogP contribution in [0.4, 0.5) is 4.39 Å². The summed E-state index contributed by atoms with van der Waals surface area (Å²) in [4.78, 5) is 44.4. The normalized spacial score (nSPS) is 16.9. The molecule has 10 nitrogen and oxygen atoms in total. The lowest BCUT2D eigenvalue weighted by Gasteiger charge is -2.28. The fourth-order valence-electron chi connectivity index (χ4n) is 4.71. The van der Waals surface area contributed by atoms with Crippen LogP contribution in [-0.4, -0.2) is 50.2 Å². The molecule has 1 aliphatic carbocycles. The number of pyridine rings is 1. The van der Waals surface area contributed by atoms with Gasteiger partial charge < -0.3 is 15.4 Å². The third-order valence-corrected chi connectivity index (χ3v) is 6.72. The fraction of sp³-hybridized carbons (Fsp3) is 0.429. The van der Waals surface area contributed by atoms with E-state index in [0.29, 0.717) is 35.1 Å². The molecule has 206 valence electrons. The zero-order valence-electron chi connectivity index (χ0n) is 22.4. The lowest BCUT2D eigenvalue weighted by molar-refractivity contribution is -0.146. The average molecular weight is 537 g/mol. The number of aryl methyl sites for hydroxylation is 2. The van der Waals surface area contributed by atoms with Crippen molar-refractivity contribution in [2.24, 2.45) is 5.92 Å². The van der Waals surface area contributed by atoms with Gasteiger partial charge in [-0.05, 0) is 74.8 Å². The minimum atomic E-state index is -0.473. The number of hydrogen-bond donors (Lipinski definition) is 2. The third-order valence-electron chi connectivity index (χ3n) is 6.72. The lowest BCUT2D eigenvalue weighted by atomic mass is 9.86. The summed E-state index contributed by atoms with van der Waals surface area (Å²) in [6.45, 7) is 5.48. The number of halogens is 1. The fourth-order valence-corrected chi connectivity index (χ4v) is 4.71. The molecule has 0 radical (unpaired) electrons. The summed E-state index contributed by atoms with van der Waals surface area (Å²) >= 11 is 0. The molecule has 2 amide bonds. The van der Waals surface area contributed by atoms with Gasteiger partial charge in [-0.15, -0.1) is 0 Å². The molecule has 0 bridgehead atoms. The Labute approximate surface area is 226 Å². The van der Waals surface area contributed by atoms with Crippen molar-refractivity contribution >= 4 is 17.8 Å². The van der Waals surface area contributed by atoms with Crippen molar-refractivity contribution in [1.29, 1.82) is 0 Å². The van der Waals surface area contributed by atoms with Gasteiger partial charge in [-0.1, -0.05) is 12.1 Å². The van der Waals surface area contributed by atoms with Gasteiger partial charge in [0.1, 0.15) is 17.8 Å². The van der Waals surface area contributed by atoms with Crippen LogP contribution in [-0.2, 0) is 27.4 Å². The van der Waals surface area contributed by atoms with E-state index in [2.05, 4.69) is 25.7 Å². The van der Waals surface area contributed by atoms with E-state index in [1.54, 1.807) is 31.5 Å². The molecule has 0 saturated heterocycles. The van der Waals surface area contributed by atoms with Gasteiger partial charge in [0.2, 0.25) is 0 Å².